The van der Waals surface area contributed by atoms with Crippen LogP contribution in [0.1, 0.15) is 44.1 Å². The highest BCUT2D eigenvalue weighted by molar-refractivity contribution is 6.31. The van der Waals surface area contributed by atoms with E-state index in [1.54, 1.807) is 6.20 Å². The van der Waals surface area contributed by atoms with Gasteiger partial charge in [-0.25, -0.2) is 0 Å². The Kier molecular flexibility index (Phi) is 5.35. The number of aromatic nitrogens is 1. The van der Waals surface area contributed by atoms with E-state index in [4.69, 9.17) is 11.6 Å². The predicted molar refractivity (Wildman–Crippen MR) is 108 cm³/mol. The van der Waals surface area contributed by atoms with Crippen LogP contribution in [-0.4, -0.2) is 28.4 Å². The minimum absolute atomic E-state index is 0.105. The van der Waals surface area contributed by atoms with E-state index in [0.717, 1.165) is 48.4 Å². The first-order valence-electron chi connectivity index (χ1n) is 9.88. The highest BCUT2D eigenvalue weighted by Gasteiger charge is 2.32. The number of hydrogen-bond acceptors (Lipinski definition) is 2. The molecule has 1 N–H and O–H groups in total. The van der Waals surface area contributed by atoms with Gasteiger partial charge in [0.1, 0.15) is 0 Å². The Morgan fingerprint density at radius 1 is 1.15 bits per heavy atom. The standard InChI is InChI=1S/C22H25ClN2O2/c23-20-14-16(19-6-2-10-24-22(19)27)8-9-17(20)12-15-4-1-5-18(13-15)25-11-3-7-21(25)26/h2,6,8-10,14-15,18H,1,3-5,7,11-13H2,(H,24,27). The molecule has 27 heavy (non-hydrogen) atoms. The first kappa shape index (κ1) is 18.3. The summed E-state index contributed by atoms with van der Waals surface area (Å²) in [5, 5.41) is 0.718. The second-order valence-corrected chi connectivity index (χ2v) is 8.21. The normalized spacial score (nSPS) is 23.0. The Bertz CT molecular complexity index is 892. The topological polar surface area (TPSA) is 53.2 Å². The third-order valence-corrected chi connectivity index (χ3v) is 6.35. The number of amides is 1. The molecule has 1 aliphatic carbocycles. The number of aromatic amines is 1. The molecule has 2 atom stereocenters. The highest BCUT2D eigenvalue weighted by atomic mass is 35.5. The lowest BCUT2D eigenvalue weighted by atomic mass is 9.81. The van der Waals surface area contributed by atoms with E-state index in [-0.39, 0.29) is 5.56 Å². The zero-order chi connectivity index (χ0) is 18.8. The number of nitrogens with zero attached hydrogens (tertiary/aromatic N) is 1. The van der Waals surface area contributed by atoms with Crippen LogP contribution in [-0.2, 0) is 11.2 Å². The average Bonchev–Trinajstić information content (AvgIpc) is 3.10. The SMILES string of the molecule is O=C1CCCN1C1CCCC(Cc2ccc(-c3ccc[nH]c3=O)cc2Cl)C1. The Balaban J connectivity index is 1.47. The van der Waals surface area contributed by atoms with Gasteiger partial charge in [-0.1, -0.05) is 30.2 Å². The number of carbonyl (C=O) groups excluding carboxylic acids is 1. The molecule has 4 nitrogen and oxygen atoms in total. The molecule has 1 saturated heterocycles. The molecule has 0 radical (unpaired) electrons. The van der Waals surface area contributed by atoms with Crippen molar-refractivity contribution in [2.24, 2.45) is 5.92 Å². The minimum Gasteiger partial charge on any atom is -0.340 e. The van der Waals surface area contributed by atoms with Crippen molar-refractivity contribution >= 4 is 17.5 Å². The first-order chi connectivity index (χ1) is 13.1. The van der Waals surface area contributed by atoms with Gasteiger partial charge >= 0.3 is 0 Å². The summed E-state index contributed by atoms with van der Waals surface area (Å²) in [6.45, 7) is 0.928. The van der Waals surface area contributed by atoms with Crippen molar-refractivity contribution in [3.05, 3.63) is 57.5 Å². The number of hydrogen-bond donors (Lipinski definition) is 1. The van der Waals surface area contributed by atoms with Crippen LogP contribution in [0.2, 0.25) is 5.02 Å². The van der Waals surface area contributed by atoms with Gasteiger partial charge in [0.05, 0.1) is 0 Å². The second kappa shape index (κ2) is 7.89. The number of likely N-dealkylation sites (tertiary alicyclic amines) is 1. The number of halogens is 1. The fourth-order valence-corrected chi connectivity index (χ4v) is 4.88. The number of rotatable bonds is 4. The van der Waals surface area contributed by atoms with E-state index < -0.39 is 0 Å². The molecule has 5 heteroatoms. The fraction of sp³-hybridized carbons (Fsp3) is 0.455. The van der Waals surface area contributed by atoms with Gasteiger partial charge in [-0.15, -0.1) is 0 Å². The summed E-state index contributed by atoms with van der Waals surface area (Å²) < 4.78 is 0. The third-order valence-electron chi connectivity index (χ3n) is 6.00. The molecule has 2 unspecified atom stereocenters. The zero-order valence-corrected chi connectivity index (χ0v) is 16.2. The summed E-state index contributed by atoms with van der Waals surface area (Å²) in [6.07, 6.45) is 8.85. The summed E-state index contributed by atoms with van der Waals surface area (Å²) in [7, 11) is 0. The Hall–Kier alpha value is -2.07. The van der Waals surface area contributed by atoms with Gasteiger partial charge in [0, 0.05) is 35.8 Å². The van der Waals surface area contributed by atoms with Crippen molar-refractivity contribution < 1.29 is 4.79 Å². The average molecular weight is 385 g/mol. The lowest BCUT2D eigenvalue weighted by molar-refractivity contribution is -0.130. The molecule has 1 saturated carbocycles. The lowest BCUT2D eigenvalue weighted by Gasteiger charge is -2.35. The summed E-state index contributed by atoms with van der Waals surface area (Å²) in [5.41, 5.74) is 2.50. The van der Waals surface area contributed by atoms with Crippen LogP contribution in [0.4, 0.5) is 0 Å². The lowest BCUT2D eigenvalue weighted by Crippen LogP contribution is -2.39. The molecule has 1 aliphatic heterocycles. The highest BCUT2D eigenvalue weighted by Crippen LogP contribution is 2.34. The van der Waals surface area contributed by atoms with Gasteiger partial charge < -0.3 is 9.88 Å². The van der Waals surface area contributed by atoms with Crippen LogP contribution in [0.3, 0.4) is 0 Å². The Labute approximate surface area is 164 Å². The van der Waals surface area contributed by atoms with E-state index >= 15 is 0 Å². The van der Waals surface area contributed by atoms with Crippen molar-refractivity contribution in [1.82, 2.24) is 9.88 Å². The summed E-state index contributed by atoms with van der Waals surface area (Å²) in [4.78, 5) is 28.9. The molecule has 0 bridgehead atoms. The summed E-state index contributed by atoms with van der Waals surface area (Å²) in [6, 6.07) is 9.96. The van der Waals surface area contributed by atoms with Crippen LogP contribution in [0.15, 0.2) is 41.3 Å². The van der Waals surface area contributed by atoms with Crippen LogP contribution in [0, 0.1) is 5.92 Å². The van der Waals surface area contributed by atoms with Gasteiger partial charge in [-0.3, -0.25) is 9.59 Å². The maximum atomic E-state index is 12.1. The van der Waals surface area contributed by atoms with Gasteiger partial charge in [0.25, 0.3) is 5.56 Å². The Morgan fingerprint density at radius 3 is 2.78 bits per heavy atom. The molecule has 0 spiro atoms. The summed E-state index contributed by atoms with van der Waals surface area (Å²) in [5.74, 6) is 0.886. The Morgan fingerprint density at radius 2 is 2.04 bits per heavy atom. The quantitative estimate of drug-likeness (QED) is 0.848. The zero-order valence-electron chi connectivity index (χ0n) is 15.4. The van der Waals surface area contributed by atoms with E-state index in [0.29, 0.717) is 29.9 Å². The van der Waals surface area contributed by atoms with E-state index in [1.807, 2.05) is 24.3 Å². The van der Waals surface area contributed by atoms with Crippen LogP contribution in [0.25, 0.3) is 11.1 Å². The number of benzene rings is 1. The molecule has 2 aromatic rings. The molecule has 2 heterocycles. The van der Waals surface area contributed by atoms with Crippen molar-refractivity contribution in [2.45, 2.75) is 51.0 Å². The monoisotopic (exact) mass is 384 g/mol. The largest absolute Gasteiger partial charge is 0.340 e. The molecular weight excluding hydrogens is 360 g/mol. The molecule has 2 fully saturated rings. The van der Waals surface area contributed by atoms with Gasteiger partial charge in [-0.05, 0) is 67.3 Å². The number of carbonyl (C=O) groups is 1. The minimum atomic E-state index is -0.105. The third kappa shape index (κ3) is 3.96. The van der Waals surface area contributed by atoms with Gasteiger partial charge in [-0.2, -0.15) is 0 Å². The molecular formula is C22H25ClN2O2. The molecule has 1 aromatic heterocycles. The number of nitrogens with one attached hydrogen (secondary N) is 1. The molecule has 4 rings (SSSR count). The maximum Gasteiger partial charge on any atom is 0.255 e. The molecule has 2 aliphatic rings. The fourth-order valence-electron chi connectivity index (χ4n) is 4.63. The van der Waals surface area contributed by atoms with Crippen LogP contribution >= 0.6 is 11.6 Å². The van der Waals surface area contributed by atoms with E-state index in [9.17, 15) is 9.59 Å². The van der Waals surface area contributed by atoms with Crippen LogP contribution < -0.4 is 5.56 Å². The maximum absolute atomic E-state index is 12.1. The second-order valence-electron chi connectivity index (χ2n) is 7.80. The van der Waals surface area contributed by atoms with Gasteiger partial charge in [0.2, 0.25) is 5.91 Å². The number of H-pyrrole nitrogens is 1. The smallest absolute Gasteiger partial charge is 0.255 e. The number of pyridine rings is 1. The van der Waals surface area contributed by atoms with Crippen molar-refractivity contribution in [3.8, 4) is 11.1 Å². The predicted octanol–water partition coefficient (Wildman–Crippen LogP) is 4.42. The van der Waals surface area contributed by atoms with Gasteiger partial charge in [0.15, 0.2) is 0 Å². The van der Waals surface area contributed by atoms with Crippen LogP contribution in [0.5, 0.6) is 0 Å². The van der Waals surface area contributed by atoms with E-state index in [1.165, 1.54) is 12.8 Å². The molecule has 1 amide bonds. The summed E-state index contributed by atoms with van der Waals surface area (Å²) >= 11 is 6.56. The van der Waals surface area contributed by atoms with E-state index in [2.05, 4.69) is 16.0 Å². The molecule has 1 aromatic carbocycles. The molecule has 142 valence electrons. The van der Waals surface area contributed by atoms with Crippen molar-refractivity contribution in [2.75, 3.05) is 6.54 Å². The van der Waals surface area contributed by atoms with Crippen molar-refractivity contribution in [3.63, 3.8) is 0 Å². The first-order valence-corrected chi connectivity index (χ1v) is 10.3. The van der Waals surface area contributed by atoms with Crippen molar-refractivity contribution in [1.29, 1.82) is 0 Å².